The zero-order valence-corrected chi connectivity index (χ0v) is 10.8. The van der Waals surface area contributed by atoms with Crippen LogP contribution in [-0.2, 0) is 0 Å². The van der Waals surface area contributed by atoms with E-state index in [9.17, 15) is 0 Å². The van der Waals surface area contributed by atoms with Gasteiger partial charge in [0.1, 0.15) is 5.82 Å². The van der Waals surface area contributed by atoms with E-state index in [1.165, 1.54) is 23.8 Å². The molecular formula is C15H19N3. The lowest BCUT2D eigenvalue weighted by Gasteiger charge is -2.24. The predicted molar refractivity (Wildman–Crippen MR) is 75.9 cm³/mol. The Morgan fingerprint density at radius 2 is 2.11 bits per heavy atom. The third-order valence-corrected chi connectivity index (χ3v) is 3.52. The van der Waals surface area contributed by atoms with Gasteiger partial charge in [0.15, 0.2) is 0 Å². The molecule has 1 heterocycles. The van der Waals surface area contributed by atoms with Crippen molar-refractivity contribution in [3.8, 4) is 0 Å². The van der Waals surface area contributed by atoms with Crippen LogP contribution in [0.25, 0.3) is 10.9 Å². The molecular weight excluding hydrogens is 222 g/mol. The van der Waals surface area contributed by atoms with Gasteiger partial charge in [0.2, 0.25) is 0 Å². The van der Waals surface area contributed by atoms with Gasteiger partial charge in [-0.3, -0.25) is 0 Å². The minimum atomic E-state index is 0.654. The summed E-state index contributed by atoms with van der Waals surface area (Å²) in [6.07, 6.45) is 2.54. The normalized spacial score (nSPS) is 15.0. The Bertz CT molecular complexity index is 561. The summed E-state index contributed by atoms with van der Waals surface area (Å²) in [6, 6.07) is 11.2. The molecule has 3 rings (SSSR count). The van der Waals surface area contributed by atoms with E-state index in [0.29, 0.717) is 12.6 Å². The maximum absolute atomic E-state index is 5.73. The molecule has 1 aliphatic rings. The van der Waals surface area contributed by atoms with Gasteiger partial charge in [-0.1, -0.05) is 18.2 Å². The van der Waals surface area contributed by atoms with Gasteiger partial charge in [0.05, 0.1) is 5.52 Å². The molecule has 0 atom stereocenters. The number of rotatable bonds is 4. The van der Waals surface area contributed by atoms with Crippen LogP contribution in [0, 0.1) is 6.92 Å². The number of aryl methyl sites for hydroxylation is 1. The third-order valence-electron chi connectivity index (χ3n) is 3.52. The summed E-state index contributed by atoms with van der Waals surface area (Å²) in [6.45, 7) is 3.72. The second-order valence-corrected chi connectivity index (χ2v) is 5.03. The van der Waals surface area contributed by atoms with Gasteiger partial charge in [-0.05, 0) is 37.5 Å². The van der Waals surface area contributed by atoms with E-state index >= 15 is 0 Å². The number of benzene rings is 1. The van der Waals surface area contributed by atoms with Crippen LogP contribution in [0.4, 0.5) is 5.82 Å². The lowest BCUT2D eigenvalue weighted by atomic mass is 10.1. The molecule has 3 nitrogen and oxygen atoms in total. The highest BCUT2D eigenvalue weighted by molar-refractivity contribution is 5.81. The SMILES string of the molecule is Cc1cc2ccccc2nc1N(CCN)C1CC1. The van der Waals surface area contributed by atoms with Crippen molar-refractivity contribution in [1.82, 2.24) is 4.98 Å². The average Bonchev–Trinajstić information content (AvgIpc) is 3.20. The van der Waals surface area contributed by atoms with E-state index in [1.807, 2.05) is 6.07 Å². The second-order valence-electron chi connectivity index (χ2n) is 5.03. The maximum Gasteiger partial charge on any atom is 0.132 e. The molecule has 1 saturated carbocycles. The van der Waals surface area contributed by atoms with Crippen LogP contribution in [0.1, 0.15) is 18.4 Å². The number of pyridine rings is 1. The summed E-state index contributed by atoms with van der Waals surface area (Å²) in [5.74, 6) is 1.11. The van der Waals surface area contributed by atoms with Gasteiger partial charge in [-0.2, -0.15) is 0 Å². The number of fused-ring (bicyclic) bond motifs is 1. The van der Waals surface area contributed by atoms with Gasteiger partial charge >= 0.3 is 0 Å². The number of aromatic nitrogens is 1. The monoisotopic (exact) mass is 241 g/mol. The van der Waals surface area contributed by atoms with Gasteiger partial charge in [-0.15, -0.1) is 0 Å². The van der Waals surface area contributed by atoms with E-state index in [4.69, 9.17) is 10.7 Å². The Balaban J connectivity index is 2.06. The molecule has 1 aromatic heterocycles. The standard InChI is InChI=1S/C15H19N3/c1-11-10-12-4-2-3-5-14(12)17-15(11)18(9-8-16)13-6-7-13/h2-5,10,13H,6-9,16H2,1H3. The van der Waals surface area contributed by atoms with Crippen LogP contribution >= 0.6 is 0 Å². The zero-order chi connectivity index (χ0) is 12.5. The van der Waals surface area contributed by atoms with Crippen LogP contribution in [0.2, 0.25) is 0 Å². The van der Waals surface area contributed by atoms with Crippen LogP contribution in [0.3, 0.4) is 0 Å². The molecule has 0 amide bonds. The Kier molecular flexibility index (Phi) is 2.92. The zero-order valence-electron chi connectivity index (χ0n) is 10.8. The first-order valence-corrected chi connectivity index (χ1v) is 6.62. The van der Waals surface area contributed by atoms with Crippen molar-refractivity contribution < 1.29 is 0 Å². The summed E-state index contributed by atoms with van der Waals surface area (Å²) in [4.78, 5) is 7.20. The lowest BCUT2D eigenvalue weighted by Crippen LogP contribution is -2.32. The molecule has 18 heavy (non-hydrogen) atoms. The maximum atomic E-state index is 5.73. The molecule has 2 aromatic rings. The summed E-state index contributed by atoms with van der Waals surface area (Å²) in [5.41, 5.74) is 8.04. The molecule has 0 saturated heterocycles. The van der Waals surface area contributed by atoms with Gasteiger partial charge in [-0.25, -0.2) is 4.98 Å². The summed E-state index contributed by atoms with van der Waals surface area (Å²) in [5, 5.41) is 1.21. The van der Waals surface area contributed by atoms with E-state index in [2.05, 4.69) is 36.1 Å². The van der Waals surface area contributed by atoms with Crippen LogP contribution in [-0.4, -0.2) is 24.1 Å². The van der Waals surface area contributed by atoms with Crippen LogP contribution in [0.5, 0.6) is 0 Å². The minimum Gasteiger partial charge on any atom is -0.352 e. The smallest absolute Gasteiger partial charge is 0.132 e. The molecule has 3 heteroatoms. The van der Waals surface area contributed by atoms with Gasteiger partial charge in [0.25, 0.3) is 0 Å². The molecule has 1 aliphatic carbocycles. The first kappa shape index (κ1) is 11.5. The van der Waals surface area contributed by atoms with Gasteiger partial charge in [0, 0.05) is 24.5 Å². The molecule has 0 spiro atoms. The van der Waals surface area contributed by atoms with Crippen molar-refractivity contribution in [3.05, 3.63) is 35.9 Å². The number of nitrogens with two attached hydrogens (primary N) is 1. The fraction of sp³-hybridized carbons (Fsp3) is 0.400. The Morgan fingerprint density at radius 3 is 2.83 bits per heavy atom. The number of para-hydroxylation sites is 1. The van der Waals surface area contributed by atoms with E-state index < -0.39 is 0 Å². The molecule has 0 bridgehead atoms. The number of hydrogen-bond donors (Lipinski definition) is 1. The first-order chi connectivity index (χ1) is 8.79. The topological polar surface area (TPSA) is 42.2 Å². The number of anilines is 1. The fourth-order valence-electron chi connectivity index (χ4n) is 2.49. The fourth-order valence-corrected chi connectivity index (χ4v) is 2.49. The number of hydrogen-bond acceptors (Lipinski definition) is 3. The molecule has 94 valence electrons. The van der Waals surface area contributed by atoms with Crippen molar-refractivity contribution >= 4 is 16.7 Å². The second kappa shape index (κ2) is 4.58. The summed E-state index contributed by atoms with van der Waals surface area (Å²) < 4.78 is 0. The summed E-state index contributed by atoms with van der Waals surface area (Å²) >= 11 is 0. The Morgan fingerprint density at radius 1 is 1.33 bits per heavy atom. The van der Waals surface area contributed by atoms with E-state index in [1.54, 1.807) is 0 Å². The molecule has 0 unspecified atom stereocenters. The average molecular weight is 241 g/mol. The first-order valence-electron chi connectivity index (χ1n) is 6.62. The van der Waals surface area contributed by atoms with Crippen molar-refractivity contribution in [1.29, 1.82) is 0 Å². The van der Waals surface area contributed by atoms with Crippen molar-refractivity contribution in [3.63, 3.8) is 0 Å². The molecule has 2 N–H and O–H groups in total. The van der Waals surface area contributed by atoms with Crippen LogP contribution in [0.15, 0.2) is 30.3 Å². The van der Waals surface area contributed by atoms with Gasteiger partial charge < -0.3 is 10.6 Å². The predicted octanol–water partition coefficient (Wildman–Crippen LogP) is 2.47. The highest BCUT2D eigenvalue weighted by atomic mass is 15.2. The highest BCUT2D eigenvalue weighted by Crippen LogP contribution is 2.33. The van der Waals surface area contributed by atoms with Crippen molar-refractivity contribution in [2.24, 2.45) is 5.73 Å². The quantitative estimate of drug-likeness (QED) is 0.894. The minimum absolute atomic E-state index is 0.654. The molecule has 0 aliphatic heterocycles. The lowest BCUT2D eigenvalue weighted by molar-refractivity contribution is 0.770. The molecule has 0 radical (unpaired) electrons. The third kappa shape index (κ3) is 2.06. The van der Waals surface area contributed by atoms with Crippen LogP contribution < -0.4 is 10.6 Å². The largest absolute Gasteiger partial charge is 0.352 e. The Hall–Kier alpha value is -1.61. The van der Waals surface area contributed by atoms with E-state index in [-0.39, 0.29) is 0 Å². The molecule has 1 fully saturated rings. The highest BCUT2D eigenvalue weighted by Gasteiger charge is 2.30. The molecule has 1 aromatic carbocycles. The van der Waals surface area contributed by atoms with E-state index in [0.717, 1.165) is 17.9 Å². The van der Waals surface area contributed by atoms with Crippen molar-refractivity contribution in [2.45, 2.75) is 25.8 Å². The Labute approximate surface area is 108 Å². The van der Waals surface area contributed by atoms with Crippen molar-refractivity contribution in [2.75, 3.05) is 18.0 Å². The number of nitrogens with zero attached hydrogens (tertiary/aromatic N) is 2. The summed E-state index contributed by atoms with van der Waals surface area (Å²) in [7, 11) is 0.